The van der Waals surface area contributed by atoms with Crippen LogP contribution in [0.4, 0.5) is 20.6 Å². The second-order valence-electron chi connectivity index (χ2n) is 6.44. The van der Waals surface area contributed by atoms with Crippen molar-refractivity contribution < 1.29 is 18.7 Å². The summed E-state index contributed by atoms with van der Waals surface area (Å²) in [6, 6.07) is 10.5. The Labute approximate surface area is 158 Å². The van der Waals surface area contributed by atoms with Crippen LogP contribution in [0, 0.1) is 5.82 Å². The molecule has 0 aromatic heterocycles. The number of rotatable bonds is 6. The summed E-state index contributed by atoms with van der Waals surface area (Å²) < 4.78 is 19.6. The number of benzene rings is 2. The van der Waals surface area contributed by atoms with Crippen LogP contribution in [0.15, 0.2) is 42.5 Å². The number of amides is 3. The molecule has 6 nitrogen and oxygen atoms in total. The number of carbonyl (C=O) groups excluding carboxylic acids is 2. The second-order valence-corrected chi connectivity index (χ2v) is 6.44. The van der Waals surface area contributed by atoms with Gasteiger partial charge in [0.25, 0.3) is 0 Å². The SMILES string of the molecule is CC(=O)Nc1ccc(F)c(NC(=O)NC(C)c2cccc(OC(C)C)c2)c1. The van der Waals surface area contributed by atoms with Crippen molar-refractivity contribution in [3.8, 4) is 5.75 Å². The number of anilines is 2. The Hall–Kier alpha value is -3.09. The van der Waals surface area contributed by atoms with Gasteiger partial charge < -0.3 is 20.7 Å². The van der Waals surface area contributed by atoms with E-state index in [-0.39, 0.29) is 23.7 Å². The number of hydrogen-bond donors (Lipinski definition) is 3. The van der Waals surface area contributed by atoms with E-state index >= 15 is 0 Å². The maximum Gasteiger partial charge on any atom is 0.319 e. The van der Waals surface area contributed by atoms with E-state index in [9.17, 15) is 14.0 Å². The summed E-state index contributed by atoms with van der Waals surface area (Å²) in [5, 5.41) is 7.76. The topological polar surface area (TPSA) is 79.5 Å². The summed E-state index contributed by atoms with van der Waals surface area (Å²) in [6.07, 6.45) is 0.0469. The van der Waals surface area contributed by atoms with Gasteiger partial charge in [0, 0.05) is 12.6 Å². The quantitative estimate of drug-likeness (QED) is 0.700. The van der Waals surface area contributed by atoms with Gasteiger partial charge in [-0.05, 0) is 56.7 Å². The average molecular weight is 373 g/mol. The van der Waals surface area contributed by atoms with E-state index in [2.05, 4.69) is 16.0 Å². The van der Waals surface area contributed by atoms with Gasteiger partial charge in [-0.2, -0.15) is 0 Å². The van der Waals surface area contributed by atoms with E-state index in [0.717, 1.165) is 5.56 Å². The molecule has 2 rings (SSSR count). The zero-order chi connectivity index (χ0) is 20.0. The van der Waals surface area contributed by atoms with Gasteiger partial charge in [0.2, 0.25) is 5.91 Å². The highest BCUT2D eigenvalue weighted by Crippen LogP contribution is 2.22. The van der Waals surface area contributed by atoms with Gasteiger partial charge in [-0.25, -0.2) is 9.18 Å². The van der Waals surface area contributed by atoms with Crippen LogP contribution in [0.5, 0.6) is 5.75 Å². The number of ether oxygens (including phenoxy) is 1. The smallest absolute Gasteiger partial charge is 0.319 e. The second kappa shape index (κ2) is 9.02. The third-order valence-electron chi connectivity index (χ3n) is 3.61. The fourth-order valence-corrected chi connectivity index (χ4v) is 2.47. The van der Waals surface area contributed by atoms with Gasteiger partial charge in [0.05, 0.1) is 17.8 Å². The van der Waals surface area contributed by atoms with Crippen LogP contribution in [0.25, 0.3) is 0 Å². The van der Waals surface area contributed by atoms with Crippen LogP contribution < -0.4 is 20.7 Å². The third-order valence-corrected chi connectivity index (χ3v) is 3.61. The summed E-state index contributed by atoms with van der Waals surface area (Å²) in [4.78, 5) is 23.4. The van der Waals surface area contributed by atoms with E-state index in [1.165, 1.54) is 25.1 Å². The minimum absolute atomic E-state index is 0.0251. The lowest BCUT2D eigenvalue weighted by Crippen LogP contribution is -2.31. The van der Waals surface area contributed by atoms with Crippen molar-refractivity contribution in [3.05, 3.63) is 53.8 Å². The summed E-state index contributed by atoms with van der Waals surface area (Å²) in [6.45, 7) is 7.04. The first-order valence-corrected chi connectivity index (χ1v) is 8.66. The number of urea groups is 1. The molecule has 27 heavy (non-hydrogen) atoms. The zero-order valence-electron chi connectivity index (χ0n) is 15.8. The Kier molecular flexibility index (Phi) is 6.76. The molecule has 0 aliphatic rings. The molecule has 0 saturated carbocycles. The highest BCUT2D eigenvalue weighted by atomic mass is 19.1. The predicted molar refractivity (Wildman–Crippen MR) is 103 cm³/mol. The third kappa shape index (κ3) is 6.29. The molecule has 7 heteroatoms. The standard InChI is InChI=1S/C20H24FN3O3/c1-12(2)27-17-7-5-6-15(10-17)13(3)22-20(26)24-19-11-16(23-14(4)25)8-9-18(19)21/h5-13H,1-4H3,(H,23,25)(H2,22,24,26). The highest BCUT2D eigenvalue weighted by Gasteiger charge is 2.13. The van der Waals surface area contributed by atoms with Gasteiger partial charge >= 0.3 is 6.03 Å². The van der Waals surface area contributed by atoms with Gasteiger partial charge in [0.15, 0.2) is 0 Å². The molecule has 2 aromatic carbocycles. The lowest BCUT2D eigenvalue weighted by atomic mass is 10.1. The molecule has 0 fully saturated rings. The Balaban J connectivity index is 2.04. The van der Waals surface area contributed by atoms with Crippen molar-refractivity contribution >= 4 is 23.3 Å². The van der Waals surface area contributed by atoms with E-state index in [1.54, 1.807) is 0 Å². The van der Waals surface area contributed by atoms with Crippen molar-refractivity contribution in [2.24, 2.45) is 0 Å². The molecule has 0 spiro atoms. The van der Waals surface area contributed by atoms with Crippen molar-refractivity contribution in [1.29, 1.82) is 0 Å². The number of carbonyl (C=O) groups is 2. The van der Waals surface area contributed by atoms with Gasteiger partial charge in [-0.3, -0.25) is 4.79 Å². The zero-order valence-corrected chi connectivity index (χ0v) is 15.8. The lowest BCUT2D eigenvalue weighted by Gasteiger charge is -2.17. The summed E-state index contributed by atoms with van der Waals surface area (Å²) >= 11 is 0. The van der Waals surface area contributed by atoms with E-state index < -0.39 is 11.8 Å². The molecular weight excluding hydrogens is 349 g/mol. The predicted octanol–water partition coefficient (Wildman–Crippen LogP) is 4.45. The molecule has 0 bridgehead atoms. The van der Waals surface area contributed by atoms with E-state index in [1.807, 2.05) is 45.0 Å². The maximum absolute atomic E-state index is 13.9. The average Bonchev–Trinajstić information content (AvgIpc) is 2.57. The molecule has 144 valence electrons. The van der Waals surface area contributed by atoms with E-state index in [4.69, 9.17) is 4.74 Å². The normalized spacial score (nSPS) is 11.6. The number of halogens is 1. The Morgan fingerprint density at radius 1 is 1.04 bits per heavy atom. The molecule has 0 saturated heterocycles. The molecule has 0 aliphatic carbocycles. The van der Waals surface area contributed by atoms with Crippen LogP contribution >= 0.6 is 0 Å². The van der Waals surface area contributed by atoms with Crippen LogP contribution in [-0.4, -0.2) is 18.0 Å². The molecule has 3 amide bonds. The minimum atomic E-state index is -0.598. The van der Waals surface area contributed by atoms with E-state index in [0.29, 0.717) is 11.4 Å². The first-order chi connectivity index (χ1) is 12.7. The molecule has 3 N–H and O–H groups in total. The van der Waals surface area contributed by atoms with Crippen LogP contribution in [0.2, 0.25) is 0 Å². The highest BCUT2D eigenvalue weighted by molar-refractivity contribution is 5.92. The largest absolute Gasteiger partial charge is 0.491 e. The molecular formula is C20H24FN3O3. The number of nitrogens with one attached hydrogen (secondary N) is 3. The first kappa shape index (κ1) is 20.2. The van der Waals surface area contributed by atoms with Crippen molar-refractivity contribution in [3.63, 3.8) is 0 Å². The Morgan fingerprint density at radius 3 is 2.44 bits per heavy atom. The van der Waals surface area contributed by atoms with Crippen LogP contribution in [0.3, 0.4) is 0 Å². The monoisotopic (exact) mass is 373 g/mol. The van der Waals surface area contributed by atoms with Gasteiger partial charge in [-0.15, -0.1) is 0 Å². The summed E-state index contributed by atoms with van der Waals surface area (Å²) in [5.41, 5.74) is 1.23. The molecule has 0 aliphatic heterocycles. The van der Waals surface area contributed by atoms with Crippen molar-refractivity contribution in [2.45, 2.75) is 39.8 Å². The fraction of sp³-hybridized carbons (Fsp3) is 0.300. The van der Waals surface area contributed by atoms with Crippen molar-refractivity contribution in [2.75, 3.05) is 10.6 Å². The van der Waals surface area contributed by atoms with Crippen molar-refractivity contribution in [1.82, 2.24) is 5.32 Å². The molecule has 1 atom stereocenters. The first-order valence-electron chi connectivity index (χ1n) is 8.66. The summed E-state index contributed by atoms with van der Waals surface area (Å²) in [5.74, 6) is -0.168. The molecule has 0 heterocycles. The number of hydrogen-bond acceptors (Lipinski definition) is 3. The summed E-state index contributed by atoms with van der Waals surface area (Å²) in [7, 11) is 0. The Morgan fingerprint density at radius 2 is 1.78 bits per heavy atom. The molecule has 0 radical (unpaired) electrons. The lowest BCUT2D eigenvalue weighted by molar-refractivity contribution is -0.114. The van der Waals surface area contributed by atoms with Gasteiger partial charge in [0.1, 0.15) is 11.6 Å². The fourth-order valence-electron chi connectivity index (χ4n) is 2.47. The minimum Gasteiger partial charge on any atom is -0.491 e. The molecule has 1 unspecified atom stereocenters. The van der Waals surface area contributed by atoms with Crippen LogP contribution in [-0.2, 0) is 4.79 Å². The maximum atomic E-state index is 13.9. The van der Waals surface area contributed by atoms with Crippen LogP contribution in [0.1, 0.15) is 39.3 Å². The molecule has 2 aromatic rings. The van der Waals surface area contributed by atoms with Gasteiger partial charge in [-0.1, -0.05) is 12.1 Å². The Bertz CT molecular complexity index is 824.